The fourth-order valence-corrected chi connectivity index (χ4v) is 5.20. The summed E-state index contributed by atoms with van der Waals surface area (Å²) in [5.41, 5.74) is 5.55. The van der Waals surface area contributed by atoms with E-state index in [1.54, 1.807) is 24.3 Å². The molecular formula is C28H22ClN3O4S. The summed E-state index contributed by atoms with van der Waals surface area (Å²) in [4.78, 5) is 12.9. The van der Waals surface area contributed by atoms with Crippen molar-refractivity contribution in [1.29, 1.82) is 0 Å². The van der Waals surface area contributed by atoms with E-state index in [1.165, 1.54) is 24.3 Å². The van der Waals surface area contributed by atoms with Crippen LogP contribution >= 0.6 is 11.6 Å². The second-order valence-electron chi connectivity index (χ2n) is 8.36. The van der Waals surface area contributed by atoms with Crippen molar-refractivity contribution in [2.45, 2.75) is 17.4 Å². The number of halogens is 1. The highest BCUT2D eigenvalue weighted by Gasteiger charge is 2.26. The predicted octanol–water partition coefficient (Wildman–Crippen LogP) is 5.80. The first kappa shape index (κ1) is 24.5. The van der Waals surface area contributed by atoms with Gasteiger partial charge in [-0.2, -0.15) is 5.10 Å². The number of carbonyl (C=O) groups is 1. The van der Waals surface area contributed by atoms with E-state index in [0.29, 0.717) is 28.6 Å². The molecule has 5 rings (SSSR count). The van der Waals surface area contributed by atoms with Gasteiger partial charge in [-0.05, 0) is 60.2 Å². The Morgan fingerprint density at radius 3 is 2.41 bits per heavy atom. The van der Waals surface area contributed by atoms with E-state index in [1.807, 2.05) is 54.6 Å². The summed E-state index contributed by atoms with van der Waals surface area (Å²) in [5, 5.41) is 4.90. The van der Waals surface area contributed by atoms with E-state index in [9.17, 15) is 13.2 Å². The fraction of sp³-hybridized carbons (Fsp3) is 0.0714. The number of carbonyl (C=O) groups excluding carboxylic acids is 1. The molecule has 0 radical (unpaired) electrons. The zero-order chi connectivity index (χ0) is 25.8. The Kier molecular flexibility index (Phi) is 6.94. The van der Waals surface area contributed by atoms with Gasteiger partial charge in [-0.15, -0.1) is 0 Å². The van der Waals surface area contributed by atoms with Crippen LogP contribution in [0, 0.1) is 0 Å². The van der Waals surface area contributed by atoms with Crippen molar-refractivity contribution >= 4 is 38.9 Å². The molecule has 0 fully saturated rings. The number of ether oxygens (including phenoxy) is 1. The molecule has 0 saturated heterocycles. The molecule has 0 aromatic heterocycles. The van der Waals surface area contributed by atoms with Crippen LogP contribution < -0.4 is 14.9 Å². The summed E-state index contributed by atoms with van der Waals surface area (Å²) in [6.07, 6.45) is 0.208. The molecule has 1 heterocycles. The van der Waals surface area contributed by atoms with E-state index in [-0.39, 0.29) is 16.6 Å². The molecule has 0 saturated carbocycles. The lowest BCUT2D eigenvalue weighted by Crippen LogP contribution is -2.25. The predicted molar refractivity (Wildman–Crippen MR) is 144 cm³/mol. The number of hydrogen-bond donors (Lipinski definition) is 2. The minimum atomic E-state index is -3.92. The minimum absolute atomic E-state index is 0.0525. The highest BCUT2D eigenvalue weighted by molar-refractivity contribution is 7.92. The van der Waals surface area contributed by atoms with Gasteiger partial charge in [0.05, 0.1) is 10.6 Å². The molecule has 0 bridgehead atoms. The van der Waals surface area contributed by atoms with Crippen LogP contribution in [0.1, 0.15) is 34.0 Å². The van der Waals surface area contributed by atoms with Crippen molar-refractivity contribution in [2.24, 2.45) is 5.10 Å². The van der Waals surface area contributed by atoms with Crippen molar-refractivity contribution < 1.29 is 17.9 Å². The standard InChI is InChI=1S/C28H22ClN3O4S/c29-21-13-15-22(16-14-21)32-37(34,35)23-10-6-9-20(17-23)28(33)31-30-25-18-27(19-7-2-1-3-8-19)36-26-12-5-4-11-24(25)26/h1-17,27,32H,18H2,(H,31,33). The molecular weight excluding hydrogens is 510 g/mol. The Morgan fingerprint density at radius 1 is 0.892 bits per heavy atom. The lowest BCUT2D eigenvalue weighted by molar-refractivity contribution is 0.0954. The van der Waals surface area contributed by atoms with Gasteiger partial charge in [0.2, 0.25) is 0 Å². The second kappa shape index (κ2) is 10.5. The van der Waals surface area contributed by atoms with E-state index >= 15 is 0 Å². The van der Waals surface area contributed by atoms with Crippen LogP contribution in [-0.4, -0.2) is 20.0 Å². The number of sulfonamides is 1. The first-order chi connectivity index (χ1) is 17.9. The number of hydrogen-bond acceptors (Lipinski definition) is 5. The number of nitrogens with zero attached hydrogens (tertiary/aromatic N) is 1. The quantitative estimate of drug-likeness (QED) is 0.307. The normalized spacial score (nSPS) is 15.9. The molecule has 9 heteroatoms. The Labute approximate surface area is 219 Å². The first-order valence-corrected chi connectivity index (χ1v) is 13.3. The summed E-state index contributed by atoms with van der Waals surface area (Å²) < 4.78 is 34.4. The van der Waals surface area contributed by atoms with Gasteiger partial charge in [0.1, 0.15) is 11.9 Å². The van der Waals surface area contributed by atoms with Gasteiger partial charge in [0, 0.05) is 28.3 Å². The van der Waals surface area contributed by atoms with Gasteiger partial charge in [-0.3, -0.25) is 9.52 Å². The van der Waals surface area contributed by atoms with Gasteiger partial charge < -0.3 is 4.74 Å². The molecule has 4 aromatic rings. The lowest BCUT2D eigenvalue weighted by Gasteiger charge is -2.27. The molecule has 7 nitrogen and oxygen atoms in total. The van der Waals surface area contributed by atoms with Crippen LogP contribution in [-0.2, 0) is 10.0 Å². The molecule has 1 aliphatic rings. The summed E-state index contributed by atoms with van der Waals surface area (Å²) in [5.74, 6) is 0.147. The molecule has 37 heavy (non-hydrogen) atoms. The van der Waals surface area contributed by atoms with Gasteiger partial charge in [-0.1, -0.05) is 60.1 Å². The molecule has 1 amide bonds. The van der Waals surface area contributed by atoms with E-state index in [0.717, 1.165) is 11.1 Å². The van der Waals surface area contributed by atoms with E-state index < -0.39 is 15.9 Å². The highest BCUT2D eigenvalue weighted by atomic mass is 35.5. The number of hydrazone groups is 1. The second-order valence-corrected chi connectivity index (χ2v) is 10.5. The average molecular weight is 532 g/mol. The van der Waals surface area contributed by atoms with Gasteiger partial charge in [0.25, 0.3) is 15.9 Å². The van der Waals surface area contributed by atoms with Crippen molar-refractivity contribution in [2.75, 3.05) is 4.72 Å². The zero-order valence-electron chi connectivity index (χ0n) is 19.5. The van der Waals surface area contributed by atoms with Crippen molar-refractivity contribution in [3.05, 3.63) is 125 Å². The van der Waals surface area contributed by atoms with Crippen LogP contribution in [0.4, 0.5) is 5.69 Å². The number of rotatable bonds is 6. The maximum atomic E-state index is 12.9. The van der Waals surface area contributed by atoms with Crippen molar-refractivity contribution in [3.8, 4) is 5.75 Å². The van der Waals surface area contributed by atoms with Crippen molar-refractivity contribution in [1.82, 2.24) is 5.43 Å². The zero-order valence-corrected chi connectivity index (χ0v) is 21.0. The molecule has 1 atom stereocenters. The number of benzene rings is 4. The Morgan fingerprint density at radius 2 is 1.62 bits per heavy atom. The highest BCUT2D eigenvalue weighted by Crippen LogP contribution is 2.35. The topological polar surface area (TPSA) is 96.9 Å². The number of nitrogens with one attached hydrogen (secondary N) is 2. The maximum Gasteiger partial charge on any atom is 0.271 e. The molecule has 0 spiro atoms. The summed E-state index contributed by atoms with van der Waals surface area (Å²) in [7, 11) is -3.92. The van der Waals surface area contributed by atoms with Crippen LogP contribution in [0.15, 0.2) is 113 Å². The van der Waals surface area contributed by atoms with Crippen LogP contribution in [0.2, 0.25) is 5.02 Å². The van der Waals surface area contributed by atoms with Crippen molar-refractivity contribution in [3.63, 3.8) is 0 Å². The number of anilines is 1. The van der Waals surface area contributed by atoms with E-state index in [4.69, 9.17) is 16.3 Å². The molecule has 4 aromatic carbocycles. The molecule has 186 valence electrons. The largest absolute Gasteiger partial charge is 0.485 e. The minimum Gasteiger partial charge on any atom is -0.485 e. The van der Waals surface area contributed by atoms with Gasteiger partial charge in [-0.25, -0.2) is 13.8 Å². The average Bonchev–Trinajstić information content (AvgIpc) is 2.93. The smallest absolute Gasteiger partial charge is 0.271 e. The third-order valence-electron chi connectivity index (χ3n) is 5.81. The number of para-hydroxylation sites is 1. The fourth-order valence-electron chi connectivity index (χ4n) is 3.97. The van der Waals surface area contributed by atoms with Crippen LogP contribution in [0.3, 0.4) is 0 Å². The first-order valence-electron chi connectivity index (χ1n) is 11.5. The monoisotopic (exact) mass is 531 g/mol. The Hall–Kier alpha value is -4.14. The summed E-state index contributed by atoms with van der Waals surface area (Å²) in [6.45, 7) is 0. The molecule has 1 aliphatic heterocycles. The molecule has 2 N–H and O–H groups in total. The van der Waals surface area contributed by atoms with Crippen LogP contribution in [0.25, 0.3) is 0 Å². The maximum absolute atomic E-state index is 12.9. The third-order valence-corrected chi connectivity index (χ3v) is 7.44. The number of fused-ring (bicyclic) bond motifs is 1. The van der Waals surface area contributed by atoms with E-state index in [2.05, 4.69) is 15.2 Å². The lowest BCUT2D eigenvalue weighted by atomic mass is 9.96. The Balaban J connectivity index is 1.36. The Bertz CT molecular complexity index is 1570. The third kappa shape index (κ3) is 5.66. The summed E-state index contributed by atoms with van der Waals surface area (Å²) >= 11 is 5.87. The molecule has 1 unspecified atom stereocenters. The SMILES string of the molecule is O=C(NN=C1CC(c2ccccc2)Oc2ccccc21)c1cccc(S(=O)(=O)Nc2ccc(Cl)cc2)c1. The van der Waals surface area contributed by atoms with Gasteiger partial charge >= 0.3 is 0 Å². The summed E-state index contributed by atoms with van der Waals surface area (Å²) in [6, 6.07) is 29.3. The number of amides is 1. The van der Waals surface area contributed by atoms with Crippen LogP contribution in [0.5, 0.6) is 5.75 Å². The molecule has 0 aliphatic carbocycles. The van der Waals surface area contributed by atoms with Gasteiger partial charge in [0.15, 0.2) is 0 Å².